The zero-order valence-electron chi connectivity index (χ0n) is 26.4. The number of benzene rings is 2. The number of pyridine rings is 2. The van der Waals surface area contributed by atoms with Crippen molar-refractivity contribution in [2.75, 3.05) is 40.4 Å². The Morgan fingerprint density at radius 2 is 1.26 bits per heavy atom. The van der Waals surface area contributed by atoms with Gasteiger partial charge in [-0.3, -0.25) is 9.80 Å². The Labute approximate surface area is 274 Å². The van der Waals surface area contributed by atoms with Gasteiger partial charge in [-0.05, 0) is 60.9 Å². The van der Waals surface area contributed by atoms with Crippen molar-refractivity contribution in [1.82, 2.24) is 19.8 Å². The van der Waals surface area contributed by atoms with Crippen LogP contribution in [-0.4, -0.2) is 71.4 Å². The lowest BCUT2D eigenvalue weighted by Gasteiger charge is -2.42. The van der Waals surface area contributed by atoms with E-state index in [2.05, 4.69) is 22.8 Å². The van der Waals surface area contributed by atoms with Crippen LogP contribution in [0.5, 0.6) is 11.8 Å². The molecular weight excluding hydrogens is 603 g/mol. The Balaban J connectivity index is 1.15. The molecule has 2 fully saturated rings. The molecule has 2 atom stereocenters. The standard InChI is InChI=1S/C37H38ClFN4O3/c1-20-16-42(17-20)30-12-10-21-14-28(40-36(45-2)32(21)30)26-8-4-6-24(34(26)38)25-7-5-9-27(35(25)39)29-15-22-11-13-31(43-18-23(44)19-43)33(22)37(41-29)46-3/h4-9,14-15,20,23,30-31,44H,10-13,16-19H2,1-3H3/t30-,31-/m0/s1. The number of nitrogens with zero attached hydrogens (tertiary/aromatic N) is 4. The van der Waals surface area contributed by atoms with Crippen molar-refractivity contribution in [3.8, 4) is 45.4 Å². The monoisotopic (exact) mass is 640 g/mol. The number of β-amino-alcohol motifs (C(OH)–C–C–N with tert-alkyl or cyclic N) is 1. The van der Waals surface area contributed by atoms with Gasteiger partial charge >= 0.3 is 0 Å². The third-order valence-corrected chi connectivity index (χ3v) is 10.8. The fourth-order valence-electron chi connectivity index (χ4n) is 8.10. The molecule has 2 aromatic carbocycles. The van der Waals surface area contributed by atoms with Crippen LogP contribution in [-0.2, 0) is 12.8 Å². The third-order valence-electron chi connectivity index (χ3n) is 10.3. The van der Waals surface area contributed by atoms with E-state index >= 15 is 4.39 Å². The van der Waals surface area contributed by atoms with E-state index in [1.54, 1.807) is 26.4 Å². The van der Waals surface area contributed by atoms with Crippen molar-refractivity contribution >= 4 is 11.6 Å². The lowest BCUT2D eigenvalue weighted by molar-refractivity contribution is -0.0256. The molecule has 9 heteroatoms. The molecule has 4 aliphatic rings. The molecule has 0 spiro atoms. The molecular formula is C37H38ClFN4O3. The van der Waals surface area contributed by atoms with Crippen LogP contribution in [0.1, 0.15) is 54.1 Å². The van der Waals surface area contributed by atoms with E-state index in [0.29, 0.717) is 58.3 Å². The number of ether oxygens (including phenoxy) is 2. The summed E-state index contributed by atoms with van der Waals surface area (Å²) in [4.78, 5) is 14.5. The topological polar surface area (TPSA) is 71.0 Å². The minimum atomic E-state index is -0.387. The first-order valence-corrected chi connectivity index (χ1v) is 16.6. The summed E-state index contributed by atoms with van der Waals surface area (Å²) in [6.07, 6.45) is 3.51. The summed E-state index contributed by atoms with van der Waals surface area (Å²) in [5, 5.41) is 10.3. The maximum Gasteiger partial charge on any atom is 0.218 e. The summed E-state index contributed by atoms with van der Waals surface area (Å²) in [6.45, 7) is 5.79. The quantitative estimate of drug-likeness (QED) is 0.236. The number of fused-ring (bicyclic) bond motifs is 2. The second kappa shape index (κ2) is 11.6. The minimum absolute atomic E-state index is 0.157. The summed E-state index contributed by atoms with van der Waals surface area (Å²) in [7, 11) is 3.29. The number of hydrogen-bond donors (Lipinski definition) is 1. The molecule has 0 bridgehead atoms. The molecule has 2 aliphatic carbocycles. The second-order valence-electron chi connectivity index (χ2n) is 13.3. The lowest BCUT2D eigenvalue weighted by Crippen LogP contribution is -2.51. The van der Waals surface area contributed by atoms with Crippen LogP contribution in [0.25, 0.3) is 33.6 Å². The van der Waals surface area contributed by atoms with Gasteiger partial charge in [0.1, 0.15) is 5.82 Å². The smallest absolute Gasteiger partial charge is 0.218 e. The van der Waals surface area contributed by atoms with Crippen LogP contribution in [0.15, 0.2) is 48.5 Å². The van der Waals surface area contributed by atoms with Gasteiger partial charge < -0.3 is 14.6 Å². The molecule has 2 aliphatic heterocycles. The molecule has 1 N–H and O–H groups in total. The van der Waals surface area contributed by atoms with Gasteiger partial charge in [-0.25, -0.2) is 14.4 Å². The predicted octanol–water partition coefficient (Wildman–Crippen LogP) is 6.89. The van der Waals surface area contributed by atoms with Gasteiger partial charge in [0.15, 0.2) is 0 Å². The average molecular weight is 641 g/mol. The van der Waals surface area contributed by atoms with E-state index < -0.39 is 0 Å². The maximum atomic E-state index is 16.5. The van der Waals surface area contributed by atoms with Crippen LogP contribution >= 0.6 is 11.6 Å². The Hall–Kier alpha value is -3.56. The summed E-state index contributed by atoms with van der Waals surface area (Å²) in [5.41, 5.74) is 7.98. The zero-order valence-corrected chi connectivity index (χ0v) is 27.1. The number of halogens is 2. The van der Waals surface area contributed by atoms with Crippen molar-refractivity contribution in [3.05, 3.63) is 81.6 Å². The SMILES string of the molecule is COc1nc(-c2cccc(-c3cccc(-c4cc5c(c(OC)n4)[C@@H](N4CC(C)C4)CC5)c3Cl)c2F)cc2c1[C@@H](N1CC(O)C1)CC2. The zero-order chi connectivity index (χ0) is 31.7. The van der Waals surface area contributed by atoms with Gasteiger partial charge in [0.2, 0.25) is 11.8 Å². The number of hydrogen-bond acceptors (Lipinski definition) is 7. The largest absolute Gasteiger partial charge is 0.481 e. The van der Waals surface area contributed by atoms with Gasteiger partial charge in [0, 0.05) is 71.6 Å². The van der Waals surface area contributed by atoms with Crippen molar-refractivity contribution in [2.24, 2.45) is 5.92 Å². The molecule has 0 unspecified atom stereocenters. The first-order chi connectivity index (χ1) is 22.3. The molecule has 4 aromatic rings. The average Bonchev–Trinajstić information content (AvgIpc) is 3.65. The third kappa shape index (κ3) is 4.80. The first-order valence-electron chi connectivity index (χ1n) is 16.2. The minimum Gasteiger partial charge on any atom is -0.481 e. The highest BCUT2D eigenvalue weighted by Gasteiger charge is 2.39. The van der Waals surface area contributed by atoms with E-state index in [9.17, 15) is 5.11 Å². The van der Waals surface area contributed by atoms with Crippen LogP contribution in [0.2, 0.25) is 5.02 Å². The number of aromatic nitrogens is 2. The molecule has 7 nitrogen and oxygen atoms in total. The van der Waals surface area contributed by atoms with Gasteiger partial charge in [-0.1, -0.05) is 48.9 Å². The van der Waals surface area contributed by atoms with Gasteiger partial charge in [-0.15, -0.1) is 0 Å². The highest BCUT2D eigenvalue weighted by Crippen LogP contribution is 2.47. The van der Waals surface area contributed by atoms with Gasteiger partial charge in [0.05, 0.1) is 36.7 Å². The Bertz CT molecular complexity index is 1710. The van der Waals surface area contributed by atoms with Crippen LogP contribution < -0.4 is 9.47 Å². The van der Waals surface area contributed by atoms with Gasteiger partial charge in [-0.2, -0.15) is 0 Å². The first kappa shape index (κ1) is 29.8. The fourth-order valence-corrected chi connectivity index (χ4v) is 8.43. The normalized spacial score (nSPS) is 21.5. The molecule has 2 saturated heterocycles. The number of rotatable bonds is 7. The van der Waals surface area contributed by atoms with Crippen molar-refractivity contribution in [1.29, 1.82) is 0 Å². The van der Waals surface area contributed by atoms with E-state index in [1.807, 2.05) is 30.3 Å². The lowest BCUT2D eigenvalue weighted by atomic mass is 9.95. The number of aliphatic hydroxyl groups excluding tert-OH is 1. The molecule has 8 rings (SSSR count). The van der Waals surface area contributed by atoms with Crippen molar-refractivity contribution in [3.63, 3.8) is 0 Å². The fraction of sp³-hybridized carbons (Fsp3) is 0.405. The number of aryl methyl sites for hydroxylation is 2. The summed E-state index contributed by atoms with van der Waals surface area (Å²) >= 11 is 7.11. The Kier molecular flexibility index (Phi) is 7.52. The van der Waals surface area contributed by atoms with E-state index in [4.69, 9.17) is 31.0 Å². The molecule has 238 valence electrons. The molecule has 0 amide bonds. The Morgan fingerprint density at radius 1 is 0.761 bits per heavy atom. The maximum absolute atomic E-state index is 16.5. The number of methoxy groups -OCH3 is 2. The molecule has 2 aromatic heterocycles. The van der Waals surface area contributed by atoms with Crippen LogP contribution in [0.3, 0.4) is 0 Å². The number of likely N-dealkylation sites (tertiary alicyclic amines) is 2. The van der Waals surface area contributed by atoms with Gasteiger partial charge in [0.25, 0.3) is 0 Å². The Morgan fingerprint density at radius 3 is 1.80 bits per heavy atom. The van der Waals surface area contributed by atoms with E-state index in [0.717, 1.165) is 67.1 Å². The summed E-state index contributed by atoms with van der Waals surface area (Å²) in [5.74, 6) is 1.50. The molecule has 0 saturated carbocycles. The van der Waals surface area contributed by atoms with E-state index in [1.165, 1.54) is 11.1 Å². The van der Waals surface area contributed by atoms with Crippen LogP contribution in [0.4, 0.5) is 4.39 Å². The molecule has 0 radical (unpaired) electrons. The molecule has 4 heterocycles. The van der Waals surface area contributed by atoms with Crippen molar-refractivity contribution < 1.29 is 19.0 Å². The van der Waals surface area contributed by atoms with Crippen LogP contribution in [0, 0.1) is 11.7 Å². The predicted molar refractivity (Wildman–Crippen MR) is 177 cm³/mol. The second-order valence-corrected chi connectivity index (χ2v) is 13.7. The highest BCUT2D eigenvalue weighted by molar-refractivity contribution is 6.36. The summed E-state index contributed by atoms with van der Waals surface area (Å²) in [6, 6.07) is 15.7. The molecule has 46 heavy (non-hydrogen) atoms. The number of aliphatic hydroxyl groups is 1. The van der Waals surface area contributed by atoms with E-state index in [-0.39, 0.29) is 18.0 Å². The summed E-state index contributed by atoms with van der Waals surface area (Å²) < 4.78 is 28.1. The van der Waals surface area contributed by atoms with Crippen molar-refractivity contribution in [2.45, 2.75) is 50.8 Å². The highest BCUT2D eigenvalue weighted by atomic mass is 35.5.